The Morgan fingerprint density at radius 3 is 1.64 bits per heavy atom. The molecular weight excluding hydrogens is 500 g/mol. The molecule has 0 fully saturated rings. The number of carboxylic acid groups (broad SMARTS) is 4. The fourth-order valence-corrected chi connectivity index (χ4v) is 4.38. The van der Waals surface area contributed by atoms with Gasteiger partial charge in [-0.1, -0.05) is 79.7 Å². The molecule has 0 amide bonds. The molecule has 4 aromatic carbocycles. The topological polar surface area (TPSA) is 149 Å². The lowest BCUT2D eigenvalue weighted by molar-refractivity contribution is 0.0652. The van der Waals surface area contributed by atoms with E-state index in [1.165, 1.54) is 12.1 Å². The molecule has 0 aliphatic heterocycles. The summed E-state index contributed by atoms with van der Waals surface area (Å²) in [5.41, 5.74) is 3.43. The van der Waals surface area contributed by atoms with Crippen molar-refractivity contribution in [3.05, 3.63) is 118 Å². The van der Waals surface area contributed by atoms with Crippen LogP contribution in [0.1, 0.15) is 59.5 Å². The maximum absolute atomic E-state index is 11.6. The van der Waals surface area contributed by atoms with E-state index in [1.54, 1.807) is 37.3 Å². The summed E-state index contributed by atoms with van der Waals surface area (Å²) in [7, 11) is 0. The van der Waals surface area contributed by atoms with E-state index in [0.717, 1.165) is 16.7 Å². The molecule has 0 radical (unpaired) electrons. The van der Waals surface area contributed by atoms with Crippen molar-refractivity contribution in [3.8, 4) is 22.3 Å². The number of rotatable bonds is 7. The summed E-state index contributed by atoms with van der Waals surface area (Å²) < 4.78 is 0. The van der Waals surface area contributed by atoms with E-state index in [4.69, 9.17) is 5.11 Å². The Balaban J connectivity index is 0.000000216. The maximum Gasteiger partial charge on any atom is 0.337 e. The number of hydrogen-bond donors (Lipinski definition) is 4. The minimum absolute atomic E-state index is 0.0459. The van der Waals surface area contributed by atoms with Crippen LogP contribution in [-0.2, 0) is 6.42 Å². The van der Waals surface area contributed by atoms with Crippen LogP contribution in [0.2, 0.25) is 0 Å². The van der Waals surface area contributed by atoms with E-state index in [9.17, 15) is 34.5 Å². The molecule has 0 saturated carbocycles. The fourth-order valence-electron chi connectivity index (χ4n) is 4.38. The highest BCUT2D eigenvalue weighted by Crippen LogP contribution is 2.30. The van der Waals surface area contributed by atoms with Crippen molar-refractivity contribution in [2.75, 3.05) is 0 Å². The smallest absolute Gasteiger partial charge is 0.337 e. The summed E-state index contributed by atoms with van der Waals surface area (Å²) in [5.74, 6) is -4.70. The molecule has 0 unspecified atom stereocenters. The van der Waals surface area contributed by atoms with E-state index in [2.05, 4.69) is 0 Å². The van der Waals surface area contributed by atoms with Crippen LogP contribution >= 0.6 is 0 Å². The van der Waals surface area contributed by atoms with Crippen LogP contribution in [0.5, 0.6) is 0 Å². The van der Waals surface area contributed by atoms with Gasteiger partial charge in [0.05, 0.1) is 22.3 Å². The molecule has 0 aliphatic carbocycles. The molecule has 0 aromatic heterocycles. The highest BCUT2D eigenvalue weighted by Gasteiger charge is 2.22. The van der Waals surface area contributed by atoms with E-state index in [0.29, 0.717) is 23.1 Å². The lowest BCUT2D eigenvalue weighted by Crippen LogP contribution is -2.11. The molecule has 8 nitrogen and oxygen atoms in total. The van der Waals surface area contributed by atoms with Crippen molar-refractivity contribution in [2.45, 2.75) is 20.3 Å². The molecule has 0 saturated heterocycles. The second-order valence-electron chi connectivity index (χ2n) is 8.50. The second kappa shape index (κ2) is 12.3. The maximum atomic E-state index is 11.6. The zero-order valence-corrected chi connectivity index (χ0v) is 21.2. The largest absolute Gasteiger partial charge is 0.478 e. The molecule has 0 atom stereocenters. The van der Waals surface area contributed by atoms with Gasteiger partial charge in [0.25, 0.3) is 0 Å². The second-order valence-corrected chi connectivity index (χ2v) is 8.50. The first kappa shape index (κ1) is 28.3. The van der Waals surface area contributed by atoms with Gasteiger partial charge in [-0.25, -0.2) is 19.2 Å². The van der Waals surface area contributed by atoms with Crippen LogP contribution < -0.4 is 0 Å². The molecular formula is C31H26O8. The molecule has 0 bridgehead atoms. The standard InChI is InChI=1S/C16H14O4.C15H12O4/c1-2-11-13(15(17)18)9-8-12(14(11)16(19)20)10-6-4-3-5-7-10;1-9-5-2-3-6-10(9)11-7-4-8-12(14(16)17)13(11)15(18)19/h3-9H,2H2,1H3,(H,17,18)(H,19,20);2-8H,1H3,(H,16,17)(H,18,19). The number of carbonyl (C=O) groups is 4. The highest BCUT2D eigenvalue weighted by atomic mass is 16.4. The SMILES string of the molecule is CCc1c(C(=O)O)ccc(-c2ccccc2)c1C(=O)O.Cc1ccccc1-c1cccc(C(=O)O)c1C(=O)O. The Bertz CT molecular complexity index is 1550. The van der Waals surface area contributed by atoms with Gasteiger partial charge >= 0.3 is 23.9 Å². The highest BCUT2D eigenvalue weighted by molar-refractivity contribution is 6.07. The molecule has 0 spiro atoms. The van der Waals surface area contributed by atoms with Crippen LogP contribution in [-0.4, -0.2) is 44.3 Å². The third kappa shape index (κ3) is 6.19. The Kier molecular flexibility index (Phi) is 8.96. The van der Waals surface area contributed by atoms with Crippen LogP contribution in [0.25, 0.3) is 22.3 Å². The normalized spacial score (nSPS) is 10.2. The van der Waals surface area contributed by atoms with Gasteiger partial charge in [-0.3, -0.25) is 0 Å². The van der Waals surface area contributed by atoms with E-state index in [-0.39, 0.29) is 22.3 Å². The van der Waals surface area contributed by atoms with Gasteiger partial charge in [0.2, 0.25) is 0 Å². The van der Waals surface area contributed by atoms with Crippen LogP contribution in [0.15, 0.2) is 84.9 Å². The zero-order valence-electron chi connectivity index (χ0n) is 21.2. The molecule has 198 valence electrons. The van der Waals surface area contributed by atoms with Crippen molar-refractivity contribution >= 4 is 23.9 Å². The van der Waals surface area contributed by atoms with Crippen molar-refractivity contribution < 1.29 is 39.6 Å². The van der Waals surface area contributed by atoms with Gasteiger partial charge in [0.15, 0.2) is 0 Å². The Labute approximate surface area is 224 Å². The van der Waals surface area contributed by atoms with Crippen molar-refractivity contribution in [1.29, 1.82) is 0 Å². The zero-order chi connectivity index (χ0) is 28.7. The van der Waals surface area contributed by atoms with Gasteiger partial charge in [-0.15, -0.1) is 0 Å². The molecule has 0 heterocycles. The van der Waals surface area contributed by atoms with Crippen LogP contribution in [0, 0.1) is 6.92 Å². The summed E-state index contributed by atoms with van der Waals surface area (Å²) in [5, 5.41) is 37.0. The number of benzene rings is 4. The molecule has 8 heteroatoms. The van der Waals surface area contributed by atoms with Crippen LogP contribution in [0.3, 0.4) is 0 Å². The summed E-state index contributed by atoms with van der Waals surface area (Å²) in [6.45, 7) is 3.61. The number of aryl methyl sites for hydroxylation is 1. The van der Waals surface area contributed by atoms with Crippen molar-refractivity contribution in [3.63, 3.8) is 0 Å². The first-order valence-electron chi connectivity index (χ1n) is 11.9. The Morgan fingerprint density at radius 2 is 1.10 bits per heavy atom. The van der Waals surface area contributed by atoms with Gasteiger partial charge in [0.1, 0.15) is 0 Å². The summed E-state index contributed by atoms with van der Waals surface area (Å²) in [4.78, 5) is 45.3. The minimum atomic E-state index is -1.24. The predicted octanol–water partition coefficient (Wildman–Crippen LogP) is 6.37. The number of carboxylic acids is 4. The predicted molar refractivity (Wildman–Crippen MR) is 146 cm³/mol. The van der Waals surface area contributed by atoms with E-state index < -0.39 is 23.9 Å². The first-order valence-corrected chi connectivity index (χ1v) is 11.9. The average Bonchev–Trinajstić information content (AvgIpc) is 2.92. The Morgan fingerprint density at radius 1 is 0.538 bits per heavy atom. The fraction of sp³-hybridized carbons (Fsp3) is 0.0968. The van der Waals surface area contributed by atoms with Crippen molar-refractivity contribution in [1.82, 2.24) is 0 Å². The summed E-state index contributed by atoms with van der Waals surface area (Å²) in [6, 6.07) is 23.9. The van der Waals surface area contributed by atoms with Crippen molar-refractivity contribution in [2.24, 2.45) is 0 Å². The Hall–Kier alpha value is -5.24. The molecule has 4 aromatic rings. The molecule has 0 aliphatic rings. The van der Waals surface area contributed by atoms with Gasteiger partial charge in [-0.2, -0.15) is 0 Å². The van der Waals surface area contributed by atoms with Crippen LogP contribution in [0.4, 0.5) is 0 Å². The van der Waals surface area contributed by atoms with E-state index >= 15 is 0 Å². The lowest BCUT2D eigenvalue weighted by Gasteiger charge is -2.13. The first-order chi connectivity index (χ1) is 18.6. The quantitative estimate of drug-likeness (QED) is 0.217. The van der Waals surface area contributed by atoms with Gasteiger partial charge in [0, 0.05) is 0 Å². The minimum Gasteiger partial charge on any atom is -0.478 e. The molecule has 39 heavy (non-hydrogen) atoms. The van der Waals surface area contributed by atoms with Gasteiger partial charge < -0.3 is 20.4 Å². The van der Waals surface area contributed by atoms with E-state index in [1.807, 2.05) is 49.4 Å². The van der Waals surface area contributed by atoms with Gasteiger partial charge in [-0.05, 0) is 58.9 Å². The number of aromatic carboxylic acids is 4. The summed E-state index contributed by atoms with van der Waals surface area (Å²) >= 11 is 0. The third-order valence-electron chi connectivity index (χ3n) is 6.14. The molecule has 4 rings (SSSR count). The third-order valence-corrected chi connectivity index (χ3v) is 6.14. The number of hydrogen-bond acceptors (Lipinski definition) is 4. The average molecular weight is 527 g/mol. The summed E-state index contributed by atoms with van der Waals surface area (Å²) in [6.07, 6.45) is 0.351. The monoisotopic (exact) mass is 526 g/mol. The molecule has 4 N–H and O–H groups in total. The lowest BCUT2D eigenvalue weighted by atomic mass is 9.90.